The minimum absolute atomic E-state index is 0.0590. The third kappa shape index (κ3) is 11.8. The lowest BCUT2D eigenvalue weighted by molar-refractivity contribution is -0.384. The Morgan fingerprint density at radius 3 is 2.49 bits per heavy atom. The van der Waals surface area contributed by atoms with E-state index in [0.717, 1.165) is 62.1 Å². The lowest BCUT2D eigenvalue weighted by Crippen LogP contribution is -2.47. The molecule has 73 heavy (non-hydrogen) atoms. The molecule has 3 aromatic carbocycles. The van der Waals surface area contributed by atoms with Gasteiger partial charge in [-0.25, -0.2) is 27.5 Å². The molecule has 0 unspecified atom stereocenters. The Kier molecular flexibility index (Phi) is 15.1. The maximum absolute atomic E-state index is 14.5. The van der Waals surface area contributed by atoms with Crippen LogP contribution in [-0.4, -0.2) is 123 Å². The number of carbonyl (C=O) groups is 1. The zero-order chi connectivity index (χ0) is 51.8. The van der Waals surface area contributed by atoms with Crippen LogP contribution in [0.15, 0.2) is 94.3 Å². The first-order chi connectivity index (χ1) is 34.7. The van der Waals surface area contributed by atoms with Crippen molar-refractivity contribution < 1.29 is 32.3 Å². The first-order valence-electron chi connectivity index (χ1n) is 24.8. The molecule has 5 heterocycles. The van der Waals surface area contributed by atoms with E-state index in [1.807, 2.05) is 35.0 Å². The average Bonchev–Trinajstić information content (AvgIpc) is 3.87. The maximum Gasteiger partial charge on any atom is 0.293 e. The van der Waals surface area contributed by atoms with E-state index in [2.05, 4.69) is 65.5 Å². The number of sulfonamides is 1. The highest BCUT2D eigenvalue weighted by Gasteiger charge is 2.31. The van der Waals surface area contributed by atoms with Gasteiger partial charge in [0.05, 0.1) is 52.5 Å². The number of nitrogens with zero attached hydrogens (tertiary/aromatic N) is 7. The van der Waals surface area contributed by atoms with Crippen LogP contribution in [0.3, 0.4) is 0 Å². The monoisotopic (exact) mass is 1050 g/mol. The summed E-state index contributed by atoms with van der Waals surface area (Å²) in [6, 6.07) is 21.4. The maximum atomic E-state index is 14.5. The van der Waals surface area contributed by atoms with Crippen LogP contribution in [0.1, 0.15) is 49.0 Å². The number of hydrogen-bond donors (Lipinski definition) is 2. The van der Waals surface area contributed by atoms with E-state index in [9.17, 15) is 28.1 Å². The number of nitro benzene ring substituents is 1. The minimum Gasteiger partial charge on any atom is -0.377 e. The molecule has 2 fully saturated rings. The van der Waals surface area contributed by atoms with Gasteiger partial charge in [0, 0.05) is 89.4 Å². The van der Waals surface area contributed by atoms with Crippen LogP contribution in [0, 0.1) is 15.5 Å². The van der Waals surface area contributed by atoms with Crippen LogP contribution >= 0.6 is 11.6 Å². The summed E-state index contributed by atoms with van der Waals surface area (Å²) in [6.45, 7) is 17.4. The molecule has 388 valence electrons. The van der Waals surface area contributed by atoms with Crippen molar-refractivity contribution in [2.75, 3.05) is 75.9 Å². The first-order valence-corrected chi connectivity index (χ1v) is 30.3. The molecule has 2 saturated heterocycles. The molecule has 18 nitrogen and oxygen atoms in total. The quantitative estimate of drug-likeness (QED) is 0.0384. The standard InChI is InChI=1S/C52H64ClN9O9SSi/c1-52(2)17-15-37(43(30-52)35-7-9-38(53)10-8-35)32-58-19-21-59(22-20-58)39-11-13-42(50(63)56-72(67,68)41-12-14-44(46(29-41)62(65)66)54-31-40-33-69-23-24-71-40)45(28-39)61-47-27-36-16-18-60(34-70-25-26-73(4,5)6)49(36)55-48(47)51(64)57(61)3/h7-14,16,18,27-29,40,54H,15,17,19-26,30-34H2,1-6H3,(H,56,63)/t40-/m0/s1. The smallest absolute Gasteiger partial charge is 0.293 e. The zero-order valence-corrected chi connectivity index (χ0v) is 44.9. The van der Waals surface area contributed by atoms with Gasteiger partial charge in [-0.3, -0.25) is 24.6 Å². The van der Waals surface area contributed by atoms with Gasteiger partial charge in [0.1, 0.15) is 18.1 Å². The van der Waals surface area contributed by atoms with Gasteiger partial charge < -0.3 is 29.0 Å². The van der Waals surface area contributed by atoms with Crippen molar-refractivity contribution in [3.63, 3.8) is 0 Å². The summed E-state index contributed by atoms with van der Waals surface area (Å²) >= 11 is 6.29. The summed E-state index contributed by atoms with van der Waals surface area (Å²) in [5, 5.41) is 16.7. The highest BCUT2D eigenvalue weighted by Crippen LogP contribution is 2.43. The second-order valence-electron chi connectivity index (χ2n) is 21.3. The normalized spacial score (nSPS) is 17.9. The molecule has 21 heteroatoms. The molecule has 1 aliphatic carbocycles. The highest BCUT2D eigenvalue weighted by atomic mass is 35.5. The molecule has 0 radical (unpaired) electrons. The van der Waals surface area contributed by atoms with Gasteiger partial charge in [0.2, 0.25) is 0 Å². The second kappa shape index (κ2) is 21.2. The molecule has 0 saturated carbocycles. The molecule has 3 aromatic heterocycles. The molecular formula is C52H64ClN9O9SSi. The Labute approximate surface area is 431 Å². The van der Waals surface area contributed by atoms with E-state index in [4.69, 9.17) is 30.8 Å². The molecule has 0 bridgehead atoms. The number of amides is 1. The Morgan fingerprint density at radius 2 is 1.78 bits per heavy atom. The summed E-state index contributed by atoms with van der Waals surface area (Å²) in [5.74, 6) is -1.00. The number of anilines is 2. The SMILES string of the molecule is Cn1c(=O)c2nc3c(ccn3COCC[Si](C)(C)C)cc2n1-c1cc(N2CCN(CC3=C(c4ccc(Cl)cc4)CC(C)(C)CC3)CC2)ccc1C(=O)NS(=O)(=O)c1ccc(NC[C@H]2COCCO2)c([N+](=O)[O-])c1. The van der Waals surface area contributed by atoms with Crippen molar-refractivity contribution in [2.45, 2.75) is 76.5 Å². The predicted octanol–water partition coefficient (Wildman–Crippen LogP) is 8.28. The van der Waals surface area contributed by atoms with E-state index in [1.54, 1.807) is 29.9 Å². The fourth-order valence-electron chi connectivity index (χ4n) is 9.84. The van der Waals surface area contributed by atoms with Crippen LogP contribution in [-0.2, 0) is 38.0 Å². The van der Waals surface area contributed by atoms with Gasteiger partial charge in [-0.15, -0.1) is 0 Å². The summed E-state index contributed by atoms with van der Waals surface area (Å²) in [5.41, 5.74) is 5.44. The predicted molar refractivity (Wildman–Crippen MR) is 287 cm³/mol. The van der Waals surface area contributed by atoms with E-state index in [1.165, 1.54) is 33.5 Å². The van der Waals surface area contributed by atoms with Crippen molar-refractivity contribution in [3.05, 3.63) is 121 Å². The number of hydrogen-bond acceptors (Lipinski definition) is 13. The molecule has 2 aliphatic heterocycles. The van der Waals surface area contributed by atoms with Crippen LogP contribution in [0.25, 0.3) is 33.3 Å². The molecule has 0 spiro atoms. The molecule has 1 amide bonds. The summed E-state index contributed by atoms with van der Waals surface area (Å²) in [6.07, 6.45) is 4.62. The fourth-order valence-corrected chi connectivity index (χ4v) is 11.7. The lowest BCUT2D eigenvalue weighted by Gasteiger charge is -2.39. The van der Waals surface area contributed by atoms with Gasteiger partial charge in [0.15, 0.2) is 5.52 Å². The third-order valence-electron chi connectivity index (χ3n) is 14.1. The second-order valence-corrected chi connectivity index (χ2v) is 29.0. The number of benzene rings is 3. The number of nitro groups is 1. The van der Waals surface area contributed by atoms with E-state index >= 15 is 0 Å². The lowest BCUT2D eigenvalue weighted by atomic mass is 9.72. The average molecular weight is 1050 g/mol. The van der Waals surface area contributed by atoms with E-state index in [-0.39, 0.29) is 47.2 Å². The van der Waals surface area contributed by atoms with Crippen LogP contribution in [0.4, 0.5) is 17.1 Å². The molecule has 3 aliphatic rings. The highest BCUT2D eigenvalue weighted by molar-refractivity contribution is 7.90. The Morgan fingerprint density at radius 1 is 1.01 bits per heavy atom. The first kappa shape index (κ1) is 52.0. The van der Waals surface area contributed by atoms with Crippen LogP contribution < -0.4 is 20.5 Å². The van der Waals surface area contributed by atoms with E-state index < -0.39 is 45.1 Å². The number of nitrogens with one attached hydrogen (secondary N) is 2. The number of halogens is 1. The Balaban J connectivity index is 1.03. The minimum atomic E-state index is -4.69. The Bertz CT molecular complexity index is 3260. The topological polar surface area (TPSA) is 197 Å². The summed E-state index contributed by atoms with van der Waals surface area (Å²) in [7, 11) is -4.43. The molecule has 2 N–H and O–H groups in total. The zero-order valence-electron chi connectivity index (χ0n) is 42.3. The number of rotatable bonds is 17. The van der Waals surface area contributed by atoms with Crippen molar-refractivity contribution in [1.29, 1.82) is 0 Å². The van der Waals surface area contributed by atoms with Gasteiger partial charge in [0.25, 0.3) is 27.2 Å². The Hall–Kier alpha value is -5.87. The molecule has 1 atom stereocenters. The molecule has 6 aromatic rings. The number of ether oxygens (including phenoxy) is 3. The van der Waals surface area contributed by atoms with Crippen molar-refractivity contribution in [1.82, 2.24) is 28.5 Å². The summed E-state index contributed by atoms with van der Waals surface area (Å²) < 4.78 is 52.2. The molecule has 9 rings (SSSR count). The van der Waals surface area contributed by atoms with Crippen LogP contribution in [0.5, 0.6) is 0 Å². The fraction of sp³-hybridized carbons (Fsp3) is 0.442. The number of allylic oxidation sites excluding steroid dienone is 1. The van der Waals surface area contributed by atoms with Crippen molar-refractivity contribution >= 4 is 80.3 Å². The van der Waals surface area contributed by atoms with E-state index in [0.29, 0.717) is 55.7 Å². The van der Waals surface area contributed by atoms with Crippen molar-refractivity contribution in [2.24, 2.45) is 12.5 Å². The van der Waals surface area contributed by atoms with Crippen LogP contribution in [0.2, 0.25) is 30.7 Å². The largest absolute Gasteiger partial charge is 0.377 e. The van der Waals surface area contributed by atoms with Gasteiger partial charge in [-0.05, 0) is 96.5 Å². The van der Waals surface area contributed by atoms with Gasteiger partial charge in [-0.1, -0.05) is 62.8 Å². The van der Waals surface area contributed by atoms with Crippen molar-refractivity contribution in [3.8, 4) is 5.69 Å². The number of piperazine rings is 1. The molecular weight excluding hydrogens is 990 g/mol. The van der Waals surface area contributed by atoms with Gasteiger partial charge in [-0.2, -0.15) is 0 Å². The third-order valence-corrected chi connectivity index (χ3v) is 17.3. The number of carbonyl (C=O) groups excluding carboxylic acids is 1. The number of pyridine rings is 1. The van der Waals surface area contributed by atoms with Gasteiger partial charge >= 0.3 is 0 Å². The summed E-state index contributed by atoms with van der Waals surface area (Å²) in [4.78, 5) is 49.4. The number of aromatic nitrogens is 4. The number of fused-ring (bicyclic) bond motifs is 2.